The van der Waals surface area contributed by atoms with Gasteiger partial charge >= 0.3 is 5.97 Å². The molecule has 4 rings (SSSR count). The quantitative estimate of drug-likeness (QED) is 0.192. The number of rotatable bonds is 10. The molecule has 0 saturated heterocycles. The molecule has 2 N–H and O–H groups in total. The molecule has 0 atom stereocenters. The minimum absolute atomic E-state index is 0.00607. The van der Waals surface area contributed by atoms with Gasteiger partial charge in [0.1, 0.15) is 0 Å². The highest BCUT2D eigenvalue weighted by molar-refractivity contribution is 6.22. The second kappa shape index (κ2) is 12.6. The van der Waals surface area contributed by atoms with Gasteiger partial charge in [-0.2, -0.15) is 0 Å². The number of hydrogen-bond donors (Lipinski definition) is 2. The predicted octanol–water partition coefficient (Wildman–Crippen LogP) is 5.91. The molecule has 1 heterocycles. The van der Waals surface area contributed by atoms with Crippen molar-refractivity contribution >= 4 is 39.9 Å². The van der Waals surface area contributed by atoms with Crippen molar-refractivity contribution in [1.82, 2.24) is 9.88 Å². The van der Waals surface area contributed by atoms with E-state index >= 15 is 0 Å². The van der Waals surface area contributed by atoms with Gasteiger partial charge < -0.3 is 24.6 Å². The van der Waals surface area contributed by atoms with Crippen molar-refractivity contribution < 1.29 is 19.4 Å². The first kappa shape index (κ1) is 28.6. The minimum atomic E-state index is -0.423. The largest absolute Gasteiger partial charge is 0.494 e. The monoisotopic (exact) mass is 540 g/mol. The van der Waals surface area contributed by atoms with E-state index in [0.29, 0.717) is 41.0 Å². The average Bonchev–Trinajstić information content (AvgIpc) is 3.26. The van der Waals surface area contributed by atoms with Crippen LogP contribution in [0.3, 0.4) is 0 Å². The molecule has 0 fully saturated rings. The Morgan fingerprint density at radius 2 is 1.68 bits per heavy atom. The van der Waals surface area contributed by atoms with E-state index in [4.69, 9.17) is 9.73 Å². The van der Waals surface area contributed by atoms with Crippen molar-refractivity contribution in [2.24, 2.45) is 4.99 Å². The maximum atomic E-state index is 13.0. The van der Waals surface area contributed by atoms with Crippen molar-refractivity contribution in [2.75, 3.05) is 32.1 Å². The van der Waals surface area contributed by atoms with E-state index in [0.717, 1.165) is 16.6 Å². The summed E-state index contributed by atoms with van der Waals surface area (Å²) in [6.07, 6.45) is 0.432. The molecule has 0 unspecified atom stereocenters. The van der Waals surface area contributed by atoms with Gasteiger partial charge in [-0.15, -0.1) is 0 Å². The van der Waals surface area contributed by atoms with E-state index in [1.165, 1.54) is 0 Å². The average molecular weight is 541 g/mol. The third-order valence-corrected chi connectivity index (χ3v) is 6.50. The first-order valence-electron chi connectivity index (χ1n) is 13.4. The van der Waals surface area contributed by atoms with Gasteiger partial charge in [-0.1, -0.05) is 36.4 Å². The number of esters is 1. The van der Waals surface area contributed by atoms with E-state index in [1.54, 1.807) is 25.1 Å². The zero-order chi connectivity index (χ0) is 28.8. The van der Waals surface area contributed by atoms with Gasteiger partial charge in [-0.25, -0.2) is 9.79 Å². The Balaban J connectivity index is 1.75. The summed E-state index contributed by atoms with van der Waals surface area (Å²) < 4.78 is 5.12. The van der Waals surface area contributed by atoms with Crippen LogP contribution in [-0.2, 0) is 9.53 Å². The molecular weight excluding hydrogens is 504 g/mol. The number of nitrogens with zero attached hydrogens (tertiary/aromatic N) is 3. The number of carbonyl (C=O) groups is 2. The molecule has 0 bridgehead atoms. The van der Waals surface area contributed by atoms with Crippen molar-refractivity contribution in [3.05, 3.63) is 89.5 Å². The van der Waals surface area contributed by atoms with Crippen LogP contribution in [0.4, 0.5) is 11.4 Å². The van der Waals surface area contributed by atoms with Gasteiger partial charge in [-0.3, -0.25) is 4.79 Å². The second-order valence-corrected chi connectivity index (χ2v) is 10.1. The second-order valence-electron chi connectivity index (χ2n) is 10.1. The SMILES string of the molecule is CCOC(=O)c1ccc2c(C(=Nc3ccc(N(C(=O)CCN(C)C)C(C)C)cc3)c3ccccc3)c(O)[nH]c2c1. The number of nitrogens with one attached hydrogen (secondary N) is 1. The van der Waals surface area contributed by atoms with E-state index < -0.39 is 5.97 Å². The fraction of sp³-hybridized carbons (Fsp3) is 0.281. The topological polar surface area (TPSA) is 98.2 Å². The molecule has 4 aromatic rings. The number of ether oxygens (including phenoxy) is 1. The Morgan fingerprint density at radius 3 is 2.30 bits per heavy atom. The summed E-state index contributed by atoms with van der Waals surface area (Å²) in [5.41, 5.74) is 4.39. The van der Waals surface area contributed by atoms with Crippen molar-refractivity contribution in [2.45, 2.75) is 33.2 Å². The molecule has 8 nitrogen and oxygen atoms in total. The lowest BCUT2D eigenvalue weighted by Crippen LogP contribution is -2.38. The Bertz CT molecular complexity index is 1510. The highest BCUT2D eigenvalue weighted by atomic mass is 16.5. The van der Waals surface area contributed by atoms with Crippen molar-refractivity contribution in [3.8, 4) is 5.88 Å². The Labute approximate surface area is 234 Å². The predicted molar refractivity (Wildman–Crippen MR) is 160 cm³/mol. The van der Waals surface area contributed by atoms with Crippen LogP contribution in [0.5, 0.6) is 5.88 Å². The third kappa shape index (κ3) is 6.40. The maximum absolute atomic E-state index is 13.0. The molecule has 0 saturated carbocycles. The Kier molecular flexibility index (Phi) is 9.01. The number of anilines is 1. The lowest BCUT2D eigenvalue weighted by Gasteiger charge is -2.27. The standard InChI is InChI=1S/C32H36N4O4/c1-6-40-32(39)23-12-17-26-27(20-23)34-31(38)29(26)30(22-10-8-7-9-11-22)33-24-13-15-25(16-14-24)36(21(2)3)28(37)18-19-35(4)5/h7-17,20-21,34,38H,6,18-19H2,1-5H3. The summed E-state index contributed by atoms with van der Waals surface area (Å²) in [6, 6.07) is 22.3. The van der Waals surface area contributed by atoms with Gasteiger partial charge in [-0.05, 0) is 71.3 Å². The van der Waals surface area contributed by atoms with Gasteiger partial charge in [0.2, 0.25) is 5.91 Å². The zero-order valence-electron chi connectivity index (χ0n) is 23.6. The minimum Gasteiger partial charge on any atom is -0.494 e. The molecule has 40 heavy (non-hydrogen) atoms. The molecule has 208 valence electrons. The Morgan fingerprint density at radius 1 is 0.975 bits per heavy atom. The number of aliphatic imine (C=N–C) groups is 1. The third-order valence-electron chi connectivity index (χ3n) is 6.50. The highest BCUT2D eigenvalue weighted by Gasteiger charge is 2.21. The summed E-state index contributed by atoms with van der Waals surface area (Å²) in [6.45, 7) is 6.72. The van der Waals surface area contributed by atoms with Crippen LogP contribution in [0.15, 0.2) is 77.8 Å². The smallest absolute Gasteiger partial charge is 0.338 e. The van der Waals surface area contributed by atoms with Crippen LogP contribution in [0.2, 0.25) is 0 Å². The molecule has 0 aliphatic heterocycles. The summed E-state index contributed by atoms with van der Waals surface area (Å²) in [5.74, 6) is -0.406. The molecule has 1 amide bonds. The van der Waals surface area contributed by atoms with Gasteiger partial charge in [0.25, 0.3) is 0 Å². The van der Waals surface area contributed by atoms with Crippen LogP contribution >= 0.6 is 0 Å². The number of hydrogen-bond acceptors (Lipinski definition) is 6. The van der Waals surface area contributed by atoms with Gasteiger partial charge in [0.15, 0.2) is 5.88 Å². The highest BCUT2D eigenvalue weighted by Crippen LogP contribution is 2.33. The summed E-state index contributed by atoms with van der Waals surface area (Å²) in [7, 11) is 3.91. The number of aromatic nitrogens is 1. The lowest BCUT2D eigenvalue weighted by molar-refractivity contribution is -0.119. The van der Waals surface area contributed by atoms with Crippen LogP contribution in [-0.4, -0.2) is 65.9 Å². The van der Waals surface area contributed by atoms with Crippen LogP contribution < -0.4 is 4.90 Å². The number of carbonyl (C=O) groups excluding carboxylic acids is 2. The molecule has 0 spiro atoms. The van der Waals surface area contributed by atoms with Crippen LogP contribution in [0.25, 0.3) is 10.9 Å². The summed E-state index contributed by atoms with van der Waals surface area (Å²) in [4.78, 5) is 37.0. The molecule has 0 aliphatic carbocycles. The fourth-order valence-corrected chi connectivity index (χ4v) is 4.61. The van der Waals surface area contributed by atoms with E-state index in [9.17, 15) is 14.7 Å². The first-order chi connectivity index (χ1) is 19.2. The fourth-order valence-electron chi connectivity index (χ4n) is 4.61. The Hall–Kier alpha value is -4.43. The molecule has 0 radical (unpaired) electrons. The molecular formula is C32H36N4O4. The number of fused-ring (bicyclic) bond motifs is 1. The number of benzene rings is 3. The zero-order valence-corrected chi connectivity index (χ0v) is 23.6. The number of aromatic amines is 1. The number of aromatic hydroxyl groups is 1. The number of amides is 1. The van der Waals surface area contributed by atoms with Crippen LogP contribution in [0.1, 0.15) is 48.7 Å². The first-order valence-corrected chi connectivity index (χ1v) is 13.4. The van der Waals surface area contributed by atoms with Gasteiger partial charge in [0, 0.05) is 41.2 Å². The lowest BCUT2D eigenvalue weighted by atomic mass is 10.00. The van der Waals surface area contributed by atoms with E-state index in [2.05, 4.69) is 4.98 Å². The van der Waals surface area contributed by atoms with E-state index in [1.807, 2.05) is 92.3 Å². The normalized spacial score (nSPS) is 11.8. The maximum Gasteiger partial charge on any atom is 0.338 e. The van der Waals surface area contributed by atoms with Crippen molar-refractivity contribution in [3.63, 3.8) is 0 Å². The summed E-state index contributed by atoms with van der Waals surface area (Å²) >= 11 is 0. The number of H-pyrrole nitrogens is 1. The molecule has 1 aromatic heterocycles. The molecule has 8 heteroatoms. The van der Waals surface area contributed by atoms with E-state index in [-0.39, 0.29) is 24.4 Å². The summed E-state index contributed by atoms with van der Waals surface area (Å²) in [5, 5.41) is 11.7. The van der Waals surface area contributed by atoms with Crippen LogP contribution in [0, 0.1) is 0 Å². The molecule has 3 aromatic carbocycles. The van der Waals surface area contributed by atoms with Crippen molar-refractivity contribution in [1.29, 1.82) is 0 Å². The molecule has 0 aliphatic rings. The van der Waals surface area contributed by atoms with Gasteiger partial charge in [0.05, 0.1) is 29.1 Å².